The number of carbonyl (C=O) groups excluding carboxylic acids is 2. The highest BCUT2D eigenvalue weighted by molar-refractivity contribution is 7.14. The zero-order chi connectivity index (χ0) is 23.6. The Bertz CT molecular complexity index is 1110. The molecule has 0 bridgehead atoms. The van der Waals surface area contributed by atoms with Crippen LogP contribution in [0.25, 0.3) is 0 Å². The number of thiophene rings is 1. The fourth-order valence-corrected chi connectivity index (χ4v) is 4.18. The number of aliphatic hydroxyl groups excluding tert-OH is 1. The van der Waals surface area contributed by atoms with Crippen molar-refractivity contribution < 1.29 is 19.4 Å². The molecule has 1 aromatic carbocycles. The number of carbonyl (C=O) groups is 2. The molecular formula is C27H27NO4S. The monoisotopic (exact) mass is 461 g/mol. The molecule has 0 spiro atoms. The number of benzene rings is 1. The van der Waals surface area contributed by atoms with Crippen LogP contribution in [0.2, 0.25) is 0 Å². The van der Waals surface area contributed by atoms with Crippen molar-refractivity contribution in [1.29, 1.82) is 0 Å². The molecule has 1 aliphatic rings. The van der Waals surface area contributed by atoms with Crippen molar-refractivity contribution in [2.45, 2.75) is 38.3 Å². The van der Waals surface area contributed by atoms with E-state index >= 15 is 0 Å². The lowest BCUT2D eigenvalue weighted by Gasteiger charge is -2.20. The lowest BCUT2D eigenvalue weighted by Crippen LogP contribution is -2.32. The highest BCUT2D eigenvalue weighted by Crippen LogP contribution is 2.21. The third-order valence-corrected chi connectivity index (χ3v) is 6.35. The lowest BCUT2D eigenvalue weighted by atomic mass is 9.99. The minimum atomic E-state index is -0.637. The molecule has 33 heavy (non-hydrogen) atoms. The molecule has 3 rings (SSSR count). The van der Waals surface area contributed by atoms with Crippen LogP contribution >= 0.6 is 11.3 Å². The van der Waals surface area contributed by atoms with Crippen molar-refractivity contribution in [2.75, 3.05) is 13.7 Å². The molecule has 1 aliphatic heterocycles. The molecule has 0 radical (unpaired) electrons. The van der Waals surface area contributed by atoms with Gasteiger partial charge < -0.3 is 14.7 Å². The van der Waals surface area contributed by atoms with Gasteiger partial charge in [-0.3, -0.25) is 4.79 Å². The average molecular weight is 462 g/mol. The highest BCUT2D eigenvalue weighted by atomic mass is 32.1. The third-order valence-electron chi connectivity index (χ3n) is 5.37. The number of likely N-dealkylation sites (tertiary alicyclic amines) is 1. The second-order valence-electron chi connectivity index (χ2n) is 7.81. The van der Waals surface area contributed by atoms with Crippen LogP contribution in [-0.4, -0.2) is 47.7 Å². The molecule has 3 atom stereocenters. The molecule has 1 fully saturated rings. The van der Waals surface area contributed by atoms with E-state index in [2.05, 4.69) is 23.7 Å². The first-order chi connectivity index (χ1) is 16.0. The first-order valence-electron chi connectivity index (χ1n) is 10.8. The van der Waals surface area contributed by atoms with E-state index in [0.717, 1.165) is 10.4 Å². The third kappa shape index (κ3) is 7.08. The van der Waals surface area contributed by atoms with Crippen molar-refractivity contribution >= 4 is 23.2 Å². The van der Waals surface area contributed by atoms with Gasteiger partial charge in [-0.2, -0.15) is 0 Å². The maximum absolute atomic E-state index is 12.3. The van der Waals surface area contributed by atoms with Gasteiger partial charge in [-0.15, -0.1) is 11.3 Å². The Morgan fingerprint density at radius 2 is 2.03 bits per heavy atom. The number of esters is 1. The van der Waals surface area contributed by atoms with Gasteiger partial charge in [0.2, 0.25) is 5.91 Å². The van der Waals surface area contributed by atoms with Gasteiger partial charge in [0.05, 0.1) is 30.7 Å². The normalized spacial score (nSPS) is 17.1. The predicted molar refractivity (Wildman–Crippen MR) is 130 cm³/mol. The van der Waals surface area contributed by atoms with Gasteiger partial charge in [-0.05, 0) is 36.6 Å². The number of methoxy groups -OCH3 is 1. The minimum absolute atomic E-state index is 0.0226. The second kappa shape index (κ2) is 12.1. The largest absolute Gasteiger partial charge is 0.465 e. The molecule has 170 valence electrons. The van der Waals surface area contributed by atoms with E-state index in [1.54, 1.807) is 23.1 Å². The number of aliphatic hydroxyl groups is 1. The van der Waals surface area contributed by atoms with E-state index < -0.39 is 6.10 Å². The maximum Gasteiger partial charge on any atom is 0.348 e. The molecule has 1 amide bonds. The summed E-state index contributed by atoms with van der Waals surface area (Å²) in [6.07, 6.45) is 4.78. The topological polar surface area (TPSA) is 66.8 Å². The van der Waals surface area contributed by atoms with Crippen molar-refractivity contribution in [3.05, 3.63) is 69.9 Å². The van der Waals surface area contributed by atoms with Crippen LogP contribution in [0.3, 0.4) is 0 Å². The van der Waals surface area contributed by atoms with E-state index in [4.69, 9.17) is 4.74 Å². The van der Waals surface area contributed by atoms with Gasteiger partial charge in [0.1, 0.15) is 4.88 Å². The molecule has 1 unspecified atom stereocenters. The van der Waals surface area contributed by atoms with Crippen LogP contribution in [0.15, 0.2) is 54.6 Å². The molecule has 5 nitrogen and oxygen atoms in total. The van der Waals surface area contributed by atoms with Gasteiger partial charge in [0.25, 0.3) is 0 Å². The smallest absolute Gasteiger partial charge is 0.348 e. The SMILES string of the molecule is COC(=O)c1ccc(C#CCN2C(=O)CCC2C=C[C@@H](O)[C@@H](C)CC#Cc2ccccc2)s1. The first-order valence-corrected chi connectivity index (χ1v) is 11.7. The standard InChI is InChI=1S/C27H27NO4S/c1-20(8-6-11-21-9-4-3-5-10-21)24(29)16-13-22-14-18-26(30)28(22)19-7-12-23-15-17-25(33-23)27(31)32-2/h3-5,9-10,13,15-17,20,22,24,29H,8,14,18-19H2,1-2H3/t20-,22?,24+/m0/s1. The Morgan fingerprint density at radius 3 is 2.79 bits per heavy atom. The predicted octanol–water partition coefficient (Wildman–Crippen LogP) is 3.87. The van der Waals surface area contributed by atoms with Crippen molar-refractivity contribution in [2.24, 2.45) is 5.92 Å². The second-order valence-corrected chi connectivity index (χ2v) is 8.89. The van der Waals surface area contributed by atoms with Crippen LogP contribution in [-0.2, 0) is 9.53 Å². The number of hydrogen-bond acceptors (Lipinski definition) is 5. The quantitative estimate of drug-likeness (QED) is 0.403. The van der Waals surface area contributed by atoms with Crippen LogP contribution in [0.5, 0.6) is 0 Å². The Balaban J connectivity index is 1.54. The molecule has 1 aromatic heterocycles. The zero-order valence-corrected chi connectivity index (χ0v) is 19.6. The van der Waals surface area contributed by atoms with E-state index in [0.29, 0.717) is 30.7 Å². The van der Waals surface area contributed by atoms with E-state index in [1.165, 1.54) is 18.4 Å². The van der Waals surface area contributed by atoms with Crippen molar-refractivity contribution in [1.82, 2.24) is 4.90 Å². The number of nitrogens with zero attached hydrogens (tertiary/aromatic N) is 1. The Morgan fingerprint density at radius 1 is 1.24 bits per heavy atom. The molecular weight excluding hydrogens is 434 g/mol. The maximum atomic E-state index is 12.3. The van der Waals surface area contributed by atoms with Gasteiger partial charge in [0, 0.05) is 18.4 Å². The van der Waals surface area contributed by atoms with Crippen LogP contribution < -0.4 is 0 Å². The summed E-state index contributed by atoms with van der Waals surface area (Å²) in [6, 6.07) is 13.1. The highest BCUT2D eigenvalue weighted by Gasteiger charge is 2.28. The van der Waals surface area contributed by atoms with Gasteiger partial charge in [-0.1, -0.05) is 61.0 Å². The summed E-state index contributed by atoms with van der Waals surface area (Å²) in [7, 11) is 1.34. The van der Waals surface area contributed by atoms with Crippen LogP contribution in [0.4, 0.5) is 0 Å². The van der Waals surface area contributed by atoms with Crippen molar-refractivity contribution in [3.8, 4) is 23.7 Å². The van der Waals surface area contributed by atoms with Gasteiger partial charge in [0.15, 0.2) is 0 Å². The summed E-state index contributed by atoms with van der Waals surface area (Å²) in [5.41, 5.74) is 0.958. The van der Waals surface area contributed by atoms with Gasteiger partial charge >= 0.3 is 5.97 Å². The van der Waals surface area contributed by atoms with E-state index in [1.807, 2.05) is 43.3 Å². The lowest BCUT2D eigenvalue weighted by molar-refractivity contribution is -0.127. The van der Waals surface area contributed by atoms with Gasteiger partial charge in [-0.25, -0.2) is 4.79 Å². The van der Waals surface area contributed by atoms with Crippen molar-refractivity contribution in [3.63, 3.8) is 0 Å². The average Bonchev–Trinajstić information content (AvgIpc) is 3.44. The number of ether oxygens (including phenoxy) is 1. The summed E-state index contributed by atoms with van der Waals surface area (Å²) < 4.78 is 4.70. The Hall–Kier alpha value is -3.32. The summed E-state index contributed by atoms with van der Waals surface area (Å²) in [5, 5.41) is 10.5. The molecule has 2 aromatic rings. The minimum Gasteiger partial charge on any atom is -0.465 e. The zero-order valence-electron chi connectivity index (χ0n) is 18.8. The first kappa shape index (κ1) is 24.3. The fourth-order valence-electron chi connectivity index (χ4n) is 3.38. The molecule has 1 N–H and O–H groups in total. The van der Waals surface area contributed by atoms with E-state index in [9.17, 15) is 14.7 Å². The summed E-state index contributed by atoms with van der Waals surface area (Å²) in [6.45, 7) is 2.26. The molecule has 1 saturated heterocycles. The van der Waals surface area contributed by atoms with Crippen LogP contribution in [0, 0.1) is 29.6 Å². The Labute approximate surface area is 199 Å². The molecule has 0 aliphatic carbocycles. The Kier molecular flexibility index (Phi) is 8.89. The number of amides is 1. The molecule has 0 saturated carbocycles. The summed E-state index contributed by atoms with van der Waals surface area (Å²) in [4.78, 5) is 26.8. The van der Waals surface area contributed by atoms with Crippen LogP contribution in [0.1, 0.15) is 46.3 Å². The molecule has 6 heteroatoms. The molecule has 2 heterocycles. The summed E-state index contributed by atoms with van der Waals surface area (Å²) in [5.74, 6) is 11.9. The number of hydrogen-bond donors (Lipinski definition) is 1. The number of rotatable bonds is 6. The fraction of sp³-hybridized carbons (Fsp3) is 0.333. The summed E-state index contributed by atoms with van der Waals surface area (Å²) >= 11 is 1.26. The van der Waals surface area contributed by atoms with E-state index in [-0.39, 0.29) is 23.8 Å².